The molecule has 1 N–H and O–H groups in total. The third-order valence-electron chi connectivity index (χ3n) is 0.559. The van der Waals surface area contributed by atoms with Crippen LogP contribution in [0.5, 0.6) is 0 Å². The van der Waals surface area contributed by atoms with Gasteiger partial charge in [-0.25, -0.2) is 13.6 Å². The Morgan fingerprint density at radius 3 is 1.70 bits per heavy atom. The molecule has 55 valence electrons. The number of hydrogen-bond donors (Lipinski definition) is 1. The molecule has 0 amide bonds. The van der Waals surface area contributed by atoms with Crippen LogP contribution in [-0.2, 0) is 4.79 Å². The number of rotatable bonds is 2. The van der Waals surface area contributed by atoms with E-state index >= 15 is 0 Å². The number of hydrogen-bond acceptors (Lipinski definition) is 1. The van der Waals surface area contributed by atoms with Gasteiger partial charge in [0.05, 0.1) is 0 Å². The van der Waals surface area contributed by atoms with Gasteiger partial charge in [-0.05, 0) is 0 Å². The Kier molecular flexibility index (Phi) is 6.24. The fourth-order valence-corrected chi connectivity index (χ4v) is 0.0933. The van der Waals surface area contributed by atoms with Crippen LogP contribution < -0.4 is 0 Å². The summed E-state index contributed by atoms with van der Waals surface area (Å²) in [5.74, 6) is -7.72. The number of carboxylic acids is 1. The van der Waals surface area contributed by atoms with Gasteiger partial charge in [-0.15, -0.1) is 0 Å². The first-order chi connectivity index (χ1) is 3.89. The van der Waals surface area contributed by atoms with Gasteiger partial charge in [0.25, 0.3) is 0 Å². The second kappa shape index (κ2) is 4.65. The third-order valence-corrected chi connectivity index (χ3v) is 0.559. The Morgan fingerprint density at radius 2 is 1.70 bits per heavy atom. The van der Waals surface area contributed by atoms with Crippen molar-refractivity contribution in [2.24, 2.45) is 0 Å². The summed E-state index contributed by atoms with van der Waals surface area (Å²) in [5.41, 5.74) is 0. The second-order valence-electron chi connectivity index (χ2n) is 1.23. The third kappa shape index (κ3) is 3.29. The summed E-state index contributed by atoms with van der Waals surface area (Å²) in [7, 11) is 0. The van der Waals surface area contributed by atoms with Crippen LogP contribution in [0.4, 0.5) is 17.6 Å². The van der Waals surface area contributed by atoms with Gasteiger partial charge >= 0.3 is 18.3 Å². The maximum atomic E-state index is 11.3. The quantitative estimate of drug-likeness (QED) is 0.505. The van der Waals surface area contributed by atoms with Crippen molar-refractivity contribution in [2.45, 2.75) is 12.3 Å². The number of carboxylic acid groups (broad SMARTS) is 1. The SMILES string of the molecule is O=C(O)C(F)(F)C(F)F.[K]. The van der Waals surface area contributed by atoms with E-state index in [1.54, 1.807) is 0 Å². The Labute approximate surface area is 96.0 Å². The van der Waals surface area contributed by atoms with E-state index in [4.69, 9.17) is 5.11 Å². The van der Waals surface area contributed by atoms with E-state index in [1.165, 1.54) is 0 Å². The molecule has 0 bridgehead atoms. The van der Waals surface area contributed by atoms with E-state index < -0.39 is 18.3 Å². The molecular formula is C3H2F4KO2. The monoisotopic (exact) mass is 185 g/mol. The molecule has 0 spiro atoms. The van der Waals surface area contributed by atoms with Crippen molar-refractivity contribution < 1.29 is 27.5 Å². The maximum Gasteiger partial charge on any atom is 0.401 e. The summed E-state index contributed by atoms with van der Waals surface area (Å²) < 4.78 is 44.5. The van der Waals surface area contributed by atoms with E-state index in [1.807, 2.05) is 0 Å². The van der Waals surface area contributed by atoms with Crippen molar-refractivity contribution in [1.82, 2.24) is 0 Å². The molecule has 0 aliphatic carbocycles. The normalized spacial score (nSPS) is 10.9. The van der Waals surface area contributed by atoms with Crippen LogP contribution >= 0.6 is 0 Å². The molecular weight excluding hydrogens is 183 g/mol. The largest absolute Gasteiger partial charge is 0.477 e. The molecule has 0 aromatic rings. The van der Waals surface area contributed by atoms with E-state index in [-0.39, 0.29) is 51.4 Å². The fourth-order valence-electron chi connectivity index (χ4n) is 0.0933. The van der Waals surface area contributed by atoms with Gasteiger partial charge in [0.1, 0.15) is 0 Å². The first kappa shape index (κ1) is 13.4. The van der Waals surface area contributed by atoms with Crippen LogP contribution in [0.1, 0.15) is 0 Å². The molecule has 0 saturated carbocycles. The Bertz CT molecular complexity index is 126. The van der Waals surface area contributed by atoms with Crippen LogP contribution in [0.25, 0.3) is 0 Å². The topological polar surface area (TPSA) is 37.3 Å². The summed E-state index contributed by atoms with van der Waals surface area (Å²) in [6.45, 7) is 0. The van der Waals surface area contributed by atoms with Crippen LogP contribution in [0, 0.1) is 0 Å². The molecule has 0 saturated heterocycles. The van der Waals surface area contributed by atoms with Gasteiger partial charge in [-0.2, -0.15) is 8.78 Å². The minimum absolute atomic E-state index is 0. The molecule has 0 aromatic carbocycles. The average Bonchev–Trinajstić information content (AvgIpc) is 1.65. The van der Waals surface area contributed by atoms with Crippen LogP contribution in [0.3, 0.4) is 0 Å². The van der Waals surface area contributed by atoms with Crippen molar-refractivity contribution in [3.05, 3.63) is 0 Å². The Balaban J connectivity index is 0. The maximum absolute atomic E-state index is 11.3. The van der Waals surface area contributed by atoms with Crippen molar-refractivity contribution in [3.63, 3.8) is 0 Å². The zero-order chi connectivity index (χ0) is 7.65. The number of alkyl halides is 4. The molecule has 2 nitrogen and oxygen atoms in total. The van der Waals surface area contributed by atoms with Crippen molar-refractivity contribution >= 4 is 57.4 Å². The summed E-state index contributed by atoms with van der Waals surface area (Å²) in [4.78, 5) is 9.23. The zero-order valence-corrected chi connectivity index (χ0v) is 8.07. The van der Waals surface area contributed by atoms with E-state index in [9.17, 15) is 22.4 Å². The molecule has 0 aliphatic heterocycles. The fraction of sp³-hybridized carbons (Fsp3) is 0.667. The van der Waals surface area contributed by atoms with Gasteiger partial charge in [-0.1, -0.05) is 0 Å². The first-order valence-corrected chi connectivity index (χ1v) is 1.78. The molecule has 0 aromatic heterocycles. The Hall–Kier alpha value is 0.826. The van der Waals surface area contributed by atoms with Crippen molar-refractivity contribution in [2.75, 3.05) is 0 Å². The van der Waals surface area contributed by atoms with E-state index in [0.29, 0.717) is 0 Å². The van der Waals surface area contributed by atoms with Crippen molar-refractivity contribution in [3.8, 4) is 0 Å². The predicted octanol–water partition coefficient (Wildman–Crippen LogP) is 0.591. The predicted molar refractivity (Wildman–Crippen MR) is 24.3 cm³/mol. The smallest absolute Gasteiger partial charge is 0.401 e. The standard InChI is InChI=1S/C3H2F4O2.K/c4-1(5)3(6,7)2(8)9;/h1H,(H,8,9);. The van der Waals surface area contributed by atoms with Gasteiger partial charge in [0, 0.05) is 51.4 Å². The average molecular weight is 185 g/mol. The van der Waals surface area contributed by atoms with Gasteiger partial charge in [0.15, 0.2) is 0 Å². The van der Waals surface area contributed by atoms with Crippen LogP contribution in [0.2, 0.25) is 0 Å². The van der Waals surface area contributed by atoms with Crippen LogP contribution in [0.15, 0.2) is 0 Å². The molecule has 0 atom stereocenters. The molecule has 1 radical (unpaired) electrons. The molecule has 0 heterocycles. The zero-order valence-electron chi connectivity index (χ0n) is 4.94. The molecule has 7 heteroatoms. The summed E-state index contributed by atoms with van der Waals surface area (Å²) in [5, 5.41) is 7.38. The molecule has 0 rings (SSSR count). The number of halogens is 4. The first-order valence-electron chi connectivity index (χ1n) is 1.78. The number of aliphatic carboxylic acids is 1. The molecule has 10 heavy (non-hydrogen) atoms. The van der Waals surface area contributed by atoms with Gasteiger partial charge in [-0.3, -0.25) is 0 Å². The minimum Gasteiger partial charge on any atom is -0.477 e. The summed E-state index contributed by atoms with van der Waals surface area (Å²) in [6.07, 6.45) is -4.14. The molecule has 0 fully saturated rings. The summed E-state index contributed by atoms with van der Waals surface area (Å²) >= 11 is 0. The van der Waals surface area contributed by atoms with Gasteiger partial charge in [0.2, 0.25) is 0 Å². The van der Waals surface area contributed by atoms with Gasteiger partial charge < -0.3 is 5.11 Å². The van der Waals surface area contributed by atoms with Crippen molar-refractivity contribution in [1.29, 1.82) is 0 Å². The summed E-state index contributed by atoms with van der Waals surface area (Å²) in [6, 6.07) is 0. The minimum atomic E-state index is -4.92. The van der Waals surface area contributed by atoms with E-state index in [0.717, 1.165) is 0 Å². The Morgan fingerprint density at radius 1 is 1.40 bits per heavy atom. The molecule has 0 aliphatic rings. The molecule has 0 unspecified atom stereocenters. The second-order valence-corrected chi connectivity index (χ2v) is 1.23. The van der Waals surface area contributed by atoms with E-state index in [2.05, 4.69) is 0 Å². The number of carbonyl (C=O) groups is 1. The van der Waals surface area contributed by atoms with Crippen LogP contribution in [-0.4, -0.2) is 74.8 Å².